The van der Waals surface area contributed by atoms with Gasteiger partial charge in [-0.2, -0.15) is 0 Å². The molecule has 0 atom stereocenters. The van der Waals surface area contributed by atoms with E-state index in [1.54, 1.807) is 60.5 Å². The second-order valence-electron chi connectivity index (χ2n) is 6.56. The van der Waals surface area contributed by atoms with Crippen molar-refractivity contribution in [1.82, 2.24) is 4.90 Å². The summed E-state index contributed by atoms with van der Waals surface area (Å²) in [5, 5.41) is 0. The summed E-state index contributed by atoms with van der Waals surface area (Å²) in [5.74, 6) is 0.921. The zero-order chi connectivity index (χ0) is 18.6. The molecule has 2 aromatic rings. The Balaban J connectivity index is 1.58. The number of sulfone groups is 1. The zero-order valence-electron chi connectivity index (χ0n) is 14.8. The van der Waals surface area contributed by atoms with E-state index in [1.807, 2.05) is 6.07 Å². The number of hydrogen-bond donors (Lipinski definition) is 0. The fourth-order valence-corrected chi connectivity index (χ4v) is 4.97. The van der Waals surface area contributed by atoms with Crippen molar-refractivity contribution in [3.05, 3.63) is 60.2 Å². The number of methoxy groups -OCH3 is 1. The van der Waals surface area contributed by atoms with Crippen LogP contribution in [0.5, 0.6) is 5.75 Å². The van der Waals surface area contributed by atoms with Gasteiger partial charge in [-0.1, -0.05) is 18.2 Å². The van der Waals surface area contributed by atoms with Crippen LogP contribution in [0.1, 0.15) is 23.2 Å². The maximum atomic E-state index is 12.6. The van der Waals surface area contributed by atoms with Crippen LogP contribution in [0.25, 0.3) is 0 Å². The Bertz CT molecular complexity index is 839. The Morgan fingerprint density at radius 2 is 1.65 bits per heavy atom. The standard InChI is InChI=1S/C20H23NO4S/c1-25-18-9-7-17(8-10-18)20(22)21-13-11-16(12-14-21)15-26(23,24)19-5-3-2-4-6-19/h2-10,16H,11-15H2,1H3. The van der Waals surface area contributed by atoms with E-state index in [4.69, 9.17) is 4.74 Å². The molecule has 6 heteroatoms. The number of ether oxygens (including phenoxy) is 1. The summed E-state index contributed by atoms with van der Waals surface area (Å²) < 4.78 is 30.1. The van der Waals surface area contributed by atoms with Gasteiger partial charge in [0.15, 0.2) is 9.84 Å². The van der Waals surface area contributed by atoms with Gasteiger partial charge in [0.25, 0.3) is 5.91 Å². The average Bonchev–Trinajstić information content (AvgIpc) is 2.68. The van der Waals surface area contributed by atoms with E-state index in [0.717, 1.165) is 0 Å². The second-order valence-corrected chi connectivity index (χ2v) is 8.59. The number of carbonyl (C=O) groups is 1. The Morgan fingerprint density at radius 3 is 2.23 bits per heavy atom. The lowest BCUT2D eigenvalue weighted by Crippen LogP contribution is -2.39. The van der Waals surface area contributed by atoms with Crippen LogP contribution in [0.2, 0.25) is 0 Å². The number of rotatable bonds is 5. The summed E-state index contributed by atoms with van der Waals surface area (Å²) in [5.41, 5.74) is 0.626. The van der Waals surface area contributed by atoms with Crippen molar-refractivity contribution >= 4 is 15.7 Å². The molecule has 0 radical (unpaired) electrons. The summed E-state index contributed by atoms with van der Waals surface area (Å²) in [6, 6.07) is 15.6. The van der Waals surface area contributed by atoms with Gasteiger partial charge in [0.1, 0.15) is 5.75 Å². The smallest absolute Gasteiger partial charge is 0.253 e. The predicted octanol–water partition coefficient (Wildman–Crippen LogP) is 3.02. The van der Waals surface area contributed by atoms with Crippen LogP contribution in [0, 0.1) is 5.92 Å². The molecule has 1 amide bonds. The van der Waals surface area contributed by atoms with E-state index in [0.29, 0.717) is 42.1 Å². The van der Waals surface area contributed by atoms with Gasteiger partial charge in [-0.3, -0.25) is 4.79 Å². The molecule has 0 spiro atoms. The number of piperidine rings is 1. The predicted molar refractivity (Wildman–Crippen MR) is 100 cm³/mol. The molecule has 0 bridgehead atoms. The number of likely N-dealkylation sites (tertiary alicyclic amines) is 1. The van der Waals surface area contributed by atoms with Crippen LogP contribution in [-0.2, 0) is 9.84 Å². The molecule has 0 aliphatic carbocycles. The molecule has 0 unspecified atom stereocenters. The summed E-state index contributed by atoms with van der Waals surface area (Å²) >= 11 is 0. The average molecular weight is 373 g/mol. The minimum atomic E-state index is -3.27. The van der Waals surface area contributed by atoms with Crippen LogP contribution >= 0.6 is 0 Å². The molecule has 1 saturated heterocycles. The number of benzene rings is 2. The number of hydrogen-bond acceptors (Lipinski definition) is 4. The highest BCUT2D eigenvalue weighted by molar-refractivity contribution is 7.91. The number of nitrogens with zero attached hydrogens (tertiary/aromatic N) is 1. The molecule has 26 heavy (non-hydrogen) atoms. The van der Waals surface area contributed by atoms with Gasteiger partial charge in [-0.25, -0.2) is 8.42 Å². The molecule has 5 nitrogen and oxygen atoms in total. The normalized spacial score (nSPS) is 15.7. The fraction of sp³-hybridized carbons (Fsp3) is 0.350. The Morgan fingerprint density at radius 1 is 1.04 bits per heavy atom. The van der Waals surface area contributed by atoms with E-state index in [9.17, 15) is 13.2 Å². The molecule has 0 saturated carbocycles. The van der Waals surface area contributed by atoms with Crippen LogP contribution in [0.15, 0.2) is 59.5 Å². The lowest BCUT2D eigenvalue weighted by atomic mass is 9.98. The van der Waals surface area contributed by atoms with Crippen LogP contribution in [0.4, 0.5) is 0 Å². The van der Waals surface area contributed by atoms with Gasteiger partial charge in [0, 0.05) is 18.7 Å². The van der Waals surface area contributed by atoms with Crippen molar-refractivity contribution in [2.24, 2.45) is 5.92 Å². The number of amides is 1. The fourth-order valence-electron chi connectivity index (χ4n) is 3.25. The lowest BCUT2D eigenvalue weighted by molar-refractivity contribution is 0.0698. The Labute approximate surface area is 154 Å². The topological polar surface area (TPSA) is 63.7 Å². The van der Waals surface area contributed by atoms with E-state index < -0.39 is 9.84 Å². The molecule has 138 valence electrons. The third kappa shape index (κ3) is 4.25. The molecule has 1 fully saturated rings. The molecule has 0 N–H and O–H groups in total. The summed E-state index contributed by atoms with van der Waals surface area (Å²) in [4.78, 5) is 14.8. The van der Waals surface area contributed by atoms with E-state index in [1.165, 1.54) is 0 Å². The van der Waals surface area contributed by atoms with Crippen LogP contribution < -0.4 is 4.74 Å². The van der Waals surface area contributed by atoms with Gasteiger partial charge in [-0.05, 0) is 55.2 Å². The summed E-state index contributed by atoms with van der Waals surface area (Å²) in [6.45, 7) is 1.17. The van der Waals surface area contributed by atoms with Crippen LogP contribution in [-0.4, -0.2) is 45.2 Å². The molecule has 1 aliphatic heterocycles. The third-order valence-electron chi connectivity index (χ3n) is 4.80. The van der Waals surface area contributed by atoms with Crippen molar-refractivity contribution in [3.8, 4) is 5.75 Å². The van der Waals surface area contributed by atoms with Gasteiger partial charge < -0.3 is 9.64 Å². The van der Waals surface area contributed by atoms with Gasteiger partial charge in [0.2, 0.25) is 0 Å². The van der Waals surface area contributed by atoms with Crippen molar-refractivity contribution in [3.63, 3.8) is 0 Å². The van der Waals surface area contributed by atoms with E-state index in [2.05, 4.69) is 0 Å². The first-order valence-corrected chi connectivity index (χ1v) is 10.4. The highest BCUT2D eigenvalue weighted by Gasteiger charge is 2.27. The highest BCUT2D eigenvalue weighted by Crippen LogP contribution is 2.24. The maximum absolute atomic E-state index is 12.6. The van der Waals surface area contributed by atoms with Crippen LogP contribution in [0.3, 0.4) is 0 Å². The van der Waals surface area contributed by atoms with Crippen molar-refractivity contribution < 1.29 is 17.9 Å². The lowest BCUT2D eigenvalue weighted by Gasteiger charge is -2.32. The SMILES string of the molecule is COc1ccc(C(=O)N2CCC(CS(=O)(=O)c3ccccc3)CC2)cc1. The van der Waals surface area contributed by atoms with E-state index in [-0.39, 0.29) is 17.6 Å². The summed E-state index contributed by atoms with van der Waals surface area (Å²) in [6.07, 6.45) is 1.40. The Kier molecular flexibility index (Phi) is 5.61. The minimum absolute atomic E-state index is 0.0166. The molecule has 3 rings (SSSR count). The first-order chi connectivity index (χ1) is 12.5. The van der Waals surface area contributed by atoms with Gasteiger partial charge in [0.05, 0.1) is 17.8 Å². The molecule has 1 aliphatic rings. The maximum Gasteiger partial charge on any atom is 0.253 e. The third-order valence-corrected chi connectivity index (χ3v) is 6.70. The van der Waals surface area contributed by atoms with Crippen molar-refractivity contribution in [2.75, 3.05) is 26.0 Å². The largest absolute Gasteiger partial charge is 0.497 e. The first-order valence-electron chi connectivity index (χ1n) is 8.71. The number of carbonyl (C=O) groups excluding carboxylic acids is 1. The monoisotopic (exact) mass is 373 g/mol. The molecule has 1 heterocycles. The first kappa shape index (κ1) is 18.5. The highest BCUT2D eigenvalue weighted by atomic mass is 32.2. The second kappa shape index (κ2) is 7.91. The Hall–Kier alpha value is -2.34. The van der Waals surface area contributed by atoms with Crippen molar-refractivity contribution in [2.45, 2.75) is 17.7 Å². The molecular formula is C20H23NO4S. The summed E-state index contributed by atoms with van der Waals surface area (Å²) in [7, 11) is -1.69. The minimum Gasteiger partial charge on any atom is -0.497 e. The van der Waals surface area contributed by atoms with Gasteiger partial charge in [-0.15, -0.1) is 0 Å². The zero-order valence-corrected chi connectivity index (χ0v) is 15.6. The molecule has 2 aromatic carbocycles. The molecule has 0 aromatic heterocycles. The quantitative estimate of drug-likeness (QED) is 0.808. The van der Waals surface area contributed by atoms with Gasteiger partial charge >= 0.3 is 0 Å². The van der Waals surface area contributed by atoms with Crippen molar-refractivity contribution in [1.29, 1.82) is 0 Å². The van der Waals surface area contributed by atoms with E-state index >= 15 is 0 Å². The molecular weight excluding hydrogens is 350 g/mol.